The topological polar surface area (TPSA) is 53.4 Å². The van der Waals surface area contributed by atoms with E-state index in [1.54, 1.807) is 19.1 Å². The number of rotatable bonds is 4. The van der Waals surface area contributed by atoms with Crippen LogP contribution < -0.4 is 0 Å². The normalized spacial score (nSPS) is 12.7. The quantitative estimate of drug-likeness (QED) is 0.942. The smallest absolute Gasteiger partial charge is 0.347 e. The van der Waals surface area contributed by atoms with Crippen molar-refractivity contribution in [2.75, 3.05) is 14.1 Å². The van der Waals surface area contributed by atoms with Gasteiger partial charge in [0.1, 0.15) is 15.7 Å². The molecule has 4 nitrogen and oxygen atoms in total. The summed E-state index contributed by atoms with van der Waals surface area (Å²) in [5.74, 6) is -1.27. The van der Waals surface area contributed by atoms with Crippen LogP contribution in [0.15, 0.2) is 24.3 Å². The zero-order valence-corrected chi connectivity index (χ0v) is 12.2. The molecular weight excluding hydrogens is 279 g/mol. The summed E-state index contributed by atoms with van der Waals surface area (Å²) in [7, 11) is 3.76. The van der Waals surface area contributed by atoms with Crippen LogP contribution in [0.4, 0.5) is 4.39 Å². The minimum atomic E-state index is -0.970. The summed E-state index contributed by atoms with van der Waals surface area (Å²) in [5, 5.41) is 9.80. The molecule has 106 valence electrons. The molecule has 1 aromatic heterocycles. The summed E-state index contributed by atoms with van der Waals surface area (Å²) in [6.07, 6.45) is 0. The van der Waals surface area contributed by atoms with Crippen molar-refractivity contribution in [1.29, 1.82) is 0 Å². The molecule has 1 unspecified atom stereocenters. The highest BCUT2D eigenvalue weighted by Gasteiger charge is 2.23. The molecule has 0 saturated carbocycles. The molecule has 6 heteroatoms. The molecule has 20 heavy (non-hydrogen) atoms. The number of carboxylic acid groups (broad SMARTS) is 1. The van der Waals surface area contributed by atoms with Gasteiger partial charge in [-0.05, 0) is 38.7 Å². The standard InChI is InChI=1S/C14H15FN2O2S/c1-8-12(14(18)19)20-13(16-8)11(17(2)3)9-4-6-10(15)7-5-9/h4-7,11H,1-3H3,(H,18,19). The molecule has 0 aliphatic rings. The molecule has 0 bridgehead atoms. The maximum Gasteiger partial charge on any atom is 0.347 e. The lowest BCUT2D eigenvalue weighted by Gasteiger charge is -2.22. The fourth-order valence-corrected chi connectivity index (χ4v) is 3.17. The molecule has 0 fully saturated rings. The predicted molar refractivity (Wildman–Crippen MR) is 75.7 cm³/mol. The van der Waals surface area contributed by atoms with Crippen LogP contribution in [0.1, 0.15) is 32.0 Å². The summed E-state index contributed by atoms with van der Waals surface area (Å²) in [6.45, 7) is 1.68. The van der Waals surface area contributed by atoms with Gasteiger partial charge >= 0.3 is 5.97 Å². The molecule has 0 aliphatic carbocycles. The fraction of sp³-hybridized carbons (Fsp3) is 0.286. The number of aryl methyl sites for hydroxylation is 1. The van der Waals surface area contributed by atoms with Crippen LogP contribution in [-0.2, 0) is 0 Å². The van der Waals surface area contributed by atoms with E-state index in [1.807, 2.05) is 19.0 Å². The first kappa shape index (κ1) is 14.6. The summed E-state index contributed by atoms with van der Waals surface area (Å²) < 4.78 is 13.0. The minimum absolute atomic E-state index is 0.188. The molecular formula is C14H15FN2O2S. The number of aromatic carboxylic acids is 1. The third kappa shape index (κ3) is 2.86. The molecule has 0 radical (unpaired) electrons. The molecule has 0 saturated heterocycles. The van der Waals surface area contributed by atoms with Gasteiger partial charge in [0.05, 0.1) is 11.7 Å². The third-order valence-corrected chi connectivity index (χ3v) is 4.14. The van der Waals surface area contributed by atoms with Crippen molar-refractivity contribution in [2.24, 2.45) is 0 Å². The summed E-state index contributed by atoms with van der Waals surface area (Å²) >= 11 is 1.16. The van der Waals surface area contributed by atoms with Crippen LogP contribution in [0.3, 0.4) is 0 Å². The maximum absolute atomic E-state index is 13.0. The molecule has 0 spiro atoms. The van der Waals surface area contributed by atoms with Crippen molar-refractivity contribution >= 4 is 17.3 Å². The number of halogens is 1. The Morgan fingerprint density at radius 3 is 2.40 bits per heavy atom. The third-order valence-electron chi connectivity index (χ3n) is 2.94. The Morgan fingerprint density at radius 2 is 1.95 bits per heavy atom. The van der Waals surface area contributed by atoms with E-state index in [2.05, 4.69) is 4.98 Å². The Balaban J connectivity index is 2.46. The molecule has 2 aromatic rings. The van der Waals surface area contributed by atoms with Crippen LogP contribution in [0.25, 0.3) is 0 Å². The van der Waals surface area contributed by atoms with Gasteiger partial charge in [0.25, 0.3) is 0 Å². The van der Waals surface area contributed by atoms with Crippen LogP contribution in [0.2, 0.25) is 0 Å². The number of benzene rings is 1. The predicted octanol–water partition coefficient (Wildman–Crippen LogP) is 2.94. The van der Waals surface area contributed by atoms with E-state index in [4.69, 9.17) is 5.11 Å². The highest BCUT2D eigenvalue weighted by molar-refractivity contribution is 7.13. The van der Waals surface area contributed by atoms with Crippen molar-refractivity contribution in [2.45, 2.75) is 13.0 Å². The number of aromatic nitrogens is 1. The molecule has 1 heterocycles. The Labute approximate surface area is 120 Å². The van der Waals surface area contributed by atoms with E-state index < -0.39 is 5.97 Å². The van der Waals surface area contributed by atoms with Gasteiger partial charge in [0.15, 0.2) is 0 Å². The average Bonchev–Trinajstić information content (AvgIpc) is 2.73. The summed E-state index contributed by atoms with van der Waals surface area (Å²) in [4.78, 5) is 17.6. The Morgan fingerprint density at radius 1 is 1.35 bits per heavy atom. The van der Waals surface area contributed by atoms with Gasteiger partial charge in [0.2, 0.25) is 0 Å². The van der Waals surface area contributed by atoms with Gasteiger partial charge in [0, 0.05) is 0 Å². The zero-order valence-electron chi connectivity index (χ0n) is 11.4. The number of hydrogen-bond donors (Lipinski definition) is 1. The largest absolute Gasteiger partial charge is 0.477 e. The average molecular weight is 294 g/mol. The molecule has 1 atom stereocenters. The van der Waals surface area contributed by atoms with Crippen molar-refractivity contribution in [3.05, 3.63) is 51.2 Å². The van der Waals surface area contributed by atoms with E-state index in [-0.39, 0.29) is 16.7 Å². The first-order valence-electron chi connectivity index (χ1n) is 6.02. The van der Waals surface area contributed by atoms with Crippen LogP contribution in [-0.4, -0.2) is 35.1 Å². The Bertz CT molecular complexity index is 623. The summed E-state index contributed by atoms with van der Waals surface area (Å²) in [5.41, 5.74) is 1.38. The summed E-state index contributed by atoms with van der Waals surface area (Å²) in [6, 6.07) is 5.98. The number of carboxylic acids is 1. The lowest BCUT2D eigenvalue weighted by atomic mass is 10.1. The van der Waals surface area contributed by atoms with Crippen molar-refractivity contribution < 1.29 is 14.3 Å². The second-order valence-electron chi connectivity index (χ2n) is 4.69. The first-order valence-corrected chi connectivity index (χ1v) is 6.84. The van der Waals surface area contributed by atoms with Crippen LogP contribution in [0, 0.1) is 12.7 Å². The lowest BCUT2D eigenvalue weighted by molar-refractivity contribution is 0.0701. The molecule has 2 rings (SSSR count). The number of hydrogen-bond acceptors (Lipinski definition) is 4. The molecule has 0 amide bonds. The number of thiazole rings is 1. The first-order chi connectivity index (χ1) is 9.40. The fourth-order valence-electron chi connectivity index (χ4n) is 2.04. The highest BCUT2D eigenvalue weighted by atomic mass is 32.1. The number of nitrogens with zero attached hydrogens (tertiary/aromatic N) is 2. The van der Waals surface area contributed by atoms with Crippen molar-refractivity contribution in [3.63, 3.8) is 0 Å². The zero-order chi connectivity index (χ0) is 14.9. The monoisotopic (exact) mass is 294 g/mol. The maximum atomic E-state index is 13.0. The van der Waals surface area contributed by atoms with E-state index in [1.165, 1.54) is 12.1 Å². The van der Waals surface area contributed by atoms with Gasteiger partial charge in [-0.1, -0.05) is 12.1 Å². The van der Waals surface area contributed by atoms with Gasteiger partial charge < -0.3 is 5.11 Å². The second kappa shape index (κ2) is 5.68. The van der Waals surface area contributed by atoms with Crippen LogP contribution in [0.5, 0.6) is 0 Å². The van der Waals surface area contributed by atoms with Gasteiger partial charge in [-0.15, -0.1) is 11.3 Å². The van der Waals surface area contributed by atoms with Crippen LogP contribution >= 0.6 is 11.3 Å². The molecule has 1 aromatic carbocycles. The van der Waals surface area contributed by atoms with Gasteiger partial charge in [-0.3, -0.25) is 4.90 Å². The Hall–Kier alpha value is -1.79. The van der Waals surface area contributed by atoms with Gasteiger partial charge in [-0.2, -0.15) is 0 Å². The van der Waals surface area contributed by atoms with Crippen molar-refractivity contribution in [3.8, 4) is 0 Å². The molecule has 0 aliphatic heterocycles. The minimum Gasteiger partial charge on any atom is -0.477 e. The van der Waals surface area contributed by atoms with E-state index in [9.17, 15) is 9.18 Å². The molecule has 1 N–H and O–H groups in total. The Kier molecular flexibility index (Phi) is 4.15. The lowest BCUT2D eigenvalue weighted by Crippen LogP contribution is -2.21. The number of carbonyl (C=O) groups is 1. The van der Waals surface area contributed by atoms with E-state index >= 15 is 0 Å². The second-order valence-corrected chi connectivity index (χ2v) is 5.72. The highest BCUT2D eigenvalue weighted by Crippen LogP contribution is 2.31. The van der Waals surface area contributed by atoms with Crippen molar-refractivity contribution in [1.82, 2.24) is 9.88 Å². The van der Waals surface area contributed by atoms with E-state index in [0.29, 0.717) is 10.7 Å². The van der Waals surface area contributed by atoms with Gasteiger partial charge in [-0.25, -0.2) is 14.2 Å². The van der Waals surface area contributed by atoms with E-state index in [0.717, 1.165) is 16.9 Å². The SMILES string of the molecule is Cc1nc(C(c2ccc(F)cc2)N(C)C)sc1C(=O)O.